The van der Waals surface area contributed by atoms with Crippen LogP contribution in [0.2, 0.25) is 0 Å². The maximum Gasteiger partial charge on any atom is 0.304 e. The number of rotatable bonds is 5. The van der Waals surface area contributed by atoms with Gasteiger partial charge >= 0.3 is 5.97 Å². The molecule has 1 N–H and O–H groups in total. The number of benzene rings is 1. The zero-order valence-electron chi connectivity index (χ0n) is 10.3. The molecule has 0 saturated carbocycles. The first-order valence-corrected chi connectivity index (χ1v) is 5.77. The van der Waals surface area contributed by atoms with E-state index in [0.717, 1.165) is 18.4 Å². The molecule has 1 rings (SSSR count). The average molecular weight is 220 g/mol. The van der Waals surface area contributed by atoms with Gasteiger partial charge in [-0.2, -0.15) is 0 Å². The molecular formula is C14H20O2. The van der Waals surface area contributed by atoms with Crippen molar-refractivity contribution < 1.29 is 9.90 Å². The van der Waals surface area contributed by atoms with E-state index in [0.29, 0.717) is 0 Å². The molecule has 0 unspecified atom stereocenters. The number of hydrogen-bond donors (Lipinski definition) is 1. The van der Waals surface area contributed by atoms with Crippen molar-refractivity contribution in [2.45, 2.75) is 45.4 Å². The van der Waals surface area contributed by atoms with E-state index in [1.165, 1.54) is 5.56 Å². The Morgan fingerprint density at radius 3 is 2.62 bits per heavy atom. The first-order valence-electron chi connectivity index (χ1n) is 5.77. The topological polar surface area (TPSA) is 37.3 Å². The normalized spacial score (nSPS) is 11.4. The Morgan fingerprint density at radius 1 is 1.38 bits per heavy atom. The van der Waals surface area contributed by atoms with Crippen LogP contribution in [0.1, 0.15) is 44.7 Å². The second-order valence-electron chi connectivity index (χ2n) is 4.90. The molecule has 0 fully saturated rings. The summed E-state index contributed by atoms with van der Waals surface area (Å²) in [4.78, 5) is 10.8. The minimum atomic E-state index is -0.745. The van der Waals surface area contributed by atoms with Gasteiger partial charge in [-0.15, -0.1) is 0 Å². The average Bonchev–Trinajstić information content (AvgIpc) is 2.16. The van der Waals surface area contributed by atoms with E-state index >= 15 is 0 Å². The predicted molar refractivity (Wildman–Crippen MR) is 65.7 cm³/mol. The summed E-state index contributed by atoms with van der Waals surface area (Å²) in [5, 5.41) is 8.88. The highest BCUT2D eigenvalue weighted by Crippen LogP contribution is 2.27. The maximum absolute atomic E-state index is 10.8. The van der Waals surface area contributed by atoms with Crippen LogP contribution in [0.15, 0.2) is 24.3 Å². The monoisotopic (exact) mass is 220 g/mol. The van der Waals surface area contributed by atoms with E-state index < -0.39 is 5.97 Å². The van der Waals surface area contributed by atoms with Gasteiger partial charge < -0.3 is 5.11 Å². The second-order valence-corrected chi connectivity index (χ2v) is 4.90. The molecule has 0 aliphatic carbocycles. The van der Waals surface area contributed by atoms with Crippen molar-refractivity contribution in [2.24, 2.45) is 0 Å². The van der Waals surface area contributed by atoms with Crippen molar-refractivity contribution >= 4 is 5.97 Å². The molecule has 1 aromatic rings. The fraction of sp³-hybridized carbons (Fsp3) is 0.500. The SMILES string of the molecule is CCCc1cccc(C(C)(C)CC(=O)O)c1. The van der Waals surface area contributed by atoms with Gasteiger partial charge in [-0.25, -0.2) is 0 Å². The van der Waals surface area contributed by atoms with Crippen molar-refractivity contribution in [2.75, 3.05) is 0 Å². The van der Waals surface area contributed by atoms with E-state index in [4.69, 9.17) is 5.11 Å². The smallest absolute Gasteiger partial charge is 0.304 e. The Kier molecular flexibility index (Phi) is 4.11. The summed E-state index contributed by atoms with van der Waals surface area (Å²) < 4.78 is 0. The van der Waals surface area contributed by atoms with E-state index in [2.05, 4.69) is 19.1 Å². The van der Waals surface area contributed by atoms with Crippen LogP contribution in [0, 0.1) is 0 Å². The molecule has 0 saturated heterocycles. The van der Waals surface area contributed by atoms with Crippen LogP contribution < -0.4 is 0 Å². The van der Waals surface area contributed by atoms with Gasteiger partial charge in [0.15, 0.2) is 0 Å². The molecule has 2 nitrogen and oxygen atoms in total. The van der Waals surface area contributed by atoms with Gasteiger partial charge in [0.2, 0.25) is 0 Å². The van der Waals surface area contributed by atoms with Gasteiger partial charge in [0.25, 0.3) is 0 Å². The lowest BCUT2D eigenvalue weighted by Gasteiger charge is -2.23. The van der Waals surface area contributed by atoms with Crippen LogP contribution in [0.25, 0.3) is 0 Å². The highest BCUT2D eigenvalue weighted by Gasteiger charge is 2.23. The van der Waals surface area contributed by atoms with Crippen LogP contribution in [0.3, 0.4) is 0 Å². The summed E-state index contributed by atoms with van der Waals surface area (Å²) in [7, 11) is 0. The lowest BCUT2D eigenvalue weighted by Crippen LogP contribution is -2.21. The zero-order chi connectivity index (χ0) is 12.2. The Balaban J connectivity index is 2.93. The minimum Gasteiger partial charge on any atom is -0.481 e. The van der Waals surface area contributed by atoms with Gasteiger partial charge in [0, 0.05) is 5.41 Å². The number of carboxylic acids is 1. The third kappa shape index (κ3) is 3.37. The highest BCUT2D eigenvalue weighted by molar-refractivity contribution is 5.68. The number of carboxylic acid groups (broad SMARTS) is 1. The van der Waals surface area contributed by atoms with Crippen LogP contribution in [-0.2, 0) is 16.6 Å². The molecule has 0 spiro atoms. The minimum absolute atomic E-state index is 0.169. The van der Waals surface area contributed by atoms with Crippen molar-refractivity contribution in [1.82, 2.24) is 0 Å². The molecular weight excluding hydrogens is 200 g/mol. The van der Waals surface area contributed by atoms with Crippen LogP contribution >= 0.6 is 0 Å². The van der Waals surface area contributed by atoms with E-state index in [-0.39, 0.29) is 11.8 Å². The molecule has 0 radical (unpaired) electrons. The quantitative estimate of drug-likeness (QED) is 0.825. The summed E-state index contributed by atoms with van der Waals surface area (Å²) in [6, 6.07) is 8.27. The van der Waals surface area contributed by atoms with Crippen molar-refractivity contribution in [3.63, 3.8) is 0 Å². The largest absolute Gasteiger partial charge is 0.481 e. The maximum atomic E-state index is 10.8. The van der Waals surface area contributed by atoms with Crippen LogP contribution in [-0.4, -0.2) is 11.1 Å². The van der Waals surface area contributed by atoms with Gasteiger partial charge in [0.1, 0.15) is 0 Å². The molecule has 0 aliphatic rings. The first kappa shape index (κ1) is 12.8. The standard InChI is InChI=1S/C14H20O2/c1-4-6-11-7-5-8-12(9-11)14(2,3)10-13(15)16/h5,7-9H,4,6,10H2,1-3H3,(H,15,16). The van der Waals surface area contributed by atoms with Gasteiger partial charge in [0.05, 0.1) is 6.42 Å². The molecule has 0 bridgehead atoms. The van der Waals surface area contributed by atoms with E-state index in [1.54, 1.807) is 0 Å². The van der Waals surface area contributed by atoms with E-state index in [9.17, 15) is 4.79 Å². The van der Waals surface area contributed by atoms with E-state index in [1.807, 2.05) is 26.0 Å². The van der Waals surface area contributed by atoms with Crippen molar-refractivity contribution in [1.29, 1.82) is 0 Å². The van der Waals surface area contributed by atoms with Crippen LogP contribution in [0.4, 0.5) is 0 Å². The van der Waals surface area contributed by atoms with Gasteiger partial charge in [-0.3, -0.25) is 4.79 Å². The van der Waals surface area contributed by atoms with Crippen molar-refractivity contribution in [3.05, 3.63) is 35.4 Å². The fourth-order valence-electron chi connectivity index (χ4n) is 1.92. The molecule has 0 heterocycles. The Bertz CT molecular complexity index is 367. The summed E-state index contributed by atoms with van der Waals surface area (Å²) in [6.45, 7) is 6.10. The lowest BCUT2D eigenvalue weighted by molar-refractivity contribution is -0.138. The number of aryl methyl sites for hydroxylation is 1. The fourth-order valence-corrected chi connectivity index (χ4v) is 1.92. The highest BCUT2D eigenvalue weighted by atomic mass is 16.4. The van der Waals surface area contributed by atoms with Gasteiger partial charge in [-0.05, 0) is 17.5 Å². The molecule has 0 atom stereocenters. The molecule has 0 aromatic heterocycles. The molecule has 1 aromatic carbocycles. The zero-order valence-corrected chi connectivity index (χ0v) is 10.3. The molecule has 2 heteroatoms. The Morgan fingerprint density at radius 2 is 2.06 bits per heavy atom. The third-order valence-electron chi connectivity index (χ3n) is 2.84. The number of aliphatic carboxylic acids is 1. The second kappa shape index (κ2) is 5.15. The lowest BCUT2D eigenvalue weighted by atomic mass is 9.81. The summed E-state index contributed by atoms with van der Waals surface area (Å²) >= 11 is 0. The summed E-state index contributed by atoms with van der Waals surface area (Å²) in [5.74, 6) is -0.745. The summed E-state index contributed by atoms with van der Waals surface area (Å²) in [6.07, 6.45) is 2.34. The number of hydrogen-bond acceptors (Lipinski definition) is 1. The van der Waals surface area contributed by atoms with Crippen LogP contribution in [0.5, 0.6) is 0 Å². The Hall–Kier alpha value is -1.31. The molecule has 0 aliphatic heterocycles. The first-order chi connectivity index (χ1) is 7.45. The Labute approximate surface area is 97.3 Å². The molecule has 0 amide bonds. The number of carbonyl (C=O) groups is 1. The van der Waals surface area contributed by atoms with Gasteiger partial charge in [-0.1, -0.05) is 51.5 Å². The molecule has 88 valence electrons. The summed E-state index contributed by atoms with van der Waals surface area (Å²) in [5.41, 5.74) is 2.11. The molecule has 16 heavy (non-hydrogen) atoms. The third-order valence-corrected chi connectivity index (χ3v) is 2.84. The predicted octanol–water partition coefficient (Wildman–Crippen LogP) is 3.39. The van der Waals surface area contributed by atoms with Crippen molar-refractivity contribution in [3.8, 4) is 0 Å².